The predicted molar refractivity (Wildman–Crippen MR) is 83.9 cm³/mol. The van der Waals surface area contributed by atoms with E-state index in [-0.39, 0.29) is 6.04 Å². The van der Waals surface area contributed by atoms with E-state index in [1.165, 1.54) is 37.7 Å². The molecule has 1 aliphatic rings. The molecule has 1 aromatic rings. The van der Waals surface area contributed by atoms with Gasteiger partial charge in [0, 0.05) is 13.2 Å². The smallest absolute Gasteiger partial charge is 0.240 e. The normalized spacial score (nSPS) is 18.6. The number of sulfonamides is 1. The number of nitrogens with one attached hydrogen (secondary N) is 1. The van der Waals surface area contributed by atoms with Crippen LogP contribution in [0.4, 0.5) is 0 Å². The van der Waals surface area contributed by atoms with Gasteiger partial charge in [-0.1, -0.05) is 31.4 Å². The van der Waals surface area contributed by atoms with E-state index < -0.39 is 10.0 Å². The van der Waals surface area contributed by atoms with Gasteiger partial charge in [0.05, 0.1) is 11.5 Å². The fourth-order valence-corrected chi connectivity index (χ4v) is 4.20. The fraction of sp³-hybridized carbons (Fsp3) is 0.625. The summed E-state index contributed by atoms with van der Waals surface area (Å²) in [5, 5.41) is 0. The molecule has 0 unspecified atom stereocenters. The molecule has 1 aliphatic carbocycles. The summed E-state index contributed by atoms with van der Waals surface area (Å²) in [4.78, 5) is 0.324. The zero-order valence-corrected chi connectivity index (χ0v) is 13.7. The van der Waals surface area contributed by atoms with Gasteiger partial charge in [-0.3, -0.25) is 0 Å². The molecule has 1 fully saturated rings. The Morgan fingerprint density at radius 3 is 2.38 bits per heavy atom. The molecule has 1 atom stereocenters. The van der Waals surface area contributed by atoms with Crippen LogP contribution in [0.25, 0.3) is 0 Å². The first-order chi connectivity index (χ1) is 10.0. The molecule has 0 saturated heterocycles. The minimum atomic E-state index is -3.46. The van der Waals surface area contributed by atoms with Crippen molar-refractivity contribution in [2.45, 2.75) is 55.9 Å². The van der Waals surface area contributed by atoms with Crippen LogP contribution in [0.15, 0.2) is 29.2 Å². The van der Waals surface area contributed by atoms with Crippen LogP contribution in [-0.2, 0) is 14.8 Å². The van der Waals surface area contributed by atoms with Crippen LogP contribution in [0.5, 0.6) is 0 Å². The maximum atomic E-state index is 12.2. The van der Waals surface area contributed by atoms with Crippen LogP contribution in [0.3, 0.4) is 0 Å². The number of ether oxygens (including phenoxy) is 1. The second kappa shape index (κ2) is 7.38. The van der Waals surface area contributed by atoms with E-state index in [0.717, 1.165) is 0 Å². The second-order valence-corrected chi connectivity index (χ2v) is 7.60. The summed E-state index contributed by atoms with van der Waals surface area (Å²) >= 11 is 0. The van der Waals surface area contributed by atoms with Gasteiger partial charge in [-0.25, -0.2) is 13.1 Å². The van der Waals surface area contributed by atoms with Gasteiger partial charge in [0.25, 0.3) is 0 Å². The fourth-order valence-electron chi connectivity index (χ4n) is 2.97. The average Bonchev–Trinajstić information content (AvgIpc) is 2.48. The van der Waals surface area contributed by atoms with Crippen molar-refractivity contribution in [2.75, 3.05) is 13.7 Å². The zero-order chi connectivity index (χ0) is 15.3. The highest BCUT2D eigenvalue weighted by Crippen LogP contribution is 2.32. The minimum Gasteiger partial charge on any atom is -0.383 e. The minimum absolute atomic E-state index is 0.238. The lowest BCUT2D eigenvalue weighted by Crippen LogP contribution is -2.35. The van der Waals surface area contributed by atoms with Crippen LogP contribution in [0.1, 0.15) is 50.5 Å². The summed E-state index contributed by atoms with van der Waals surface area (Å²) in [6, 6.07) is 7.12. The van der Waals surface area contributed by atoms with Crippen molar-refractivity contribution in [3.05, 3.63) is 29.8 Å². The van der Waals surface area contributed by atoms with E-state index in [4.69, 9.17) is 4.74 Å². The van der Waals surface area contributed by atoms with Crippen molar-refractivity contribution in [2.24, 2.45) is 0 Å². The molecule has 1 N–H and O–H groups in total. The molecule has 0 aromatic heterocycles. The van der Waals surface area contributed by atoms with Gasteiger partial charge in [-0.2, -0.15) is 0 Å². The first-order valence-corrected chi connectivity index (χ1v) is 9.12. The summed E-state index contributed by atoms with van der Waals surface area (Å²) < 4.78 is 32.1. The molecular weight excluding hydrogens is 286 g/mol. The van der Waals surface area contributed by atoms with Crippen LogP contribution >= 0.6 is 0 Å². The Bertz CT molecular complexity index is 533. The van der Waals surface area contributed by atoms with E-state index in [1.54, 1.807) is 26.2 Å². The van der Waals surface area contributed by atoms with Crippen molar-refractivity contribution in [1.82, 2.24) is 4.72 Å². The van der Waals surface area contributed by atoms with Crippen LogP contribution in [0, 0.1) is 0 Å². The van der Waals surface area contributed by atoms with Gasteiger partial charge in [0.1, 0.15) is 0 Å². The molecule has 0 bridgehead atoms. The van der Waals surface area contributed by atoms with E-state index in [1.807, 2.05) is 12.1 Å². The molecule has 0 amide bonds. The highest BCUT2D eigenvalue weighted by Gasteiger charge is 2.19. The molecule has 0 spiro atoms. The summed E-state index contributed by atoms with van der Waals surface area (Å²) in [6.07, 6.45) is 6.32. The Morgan fingerprint density at radius 2 is 1.81 bits per heavy atom. The number of rotatable bonds is 6. The average molecular weight is 311 g/mol. The molecule has 1 aromatic carbocycles. The van der Waals surface area contributed by atoms with Crippen molar-refractivity contribution >= 4 is 10.0 Å². The Hall–Kier alpha value is -0.910. The van der Waals surface area contributed by atoms with Gasteiger partial charge in [-0.15, -0.1) is 0 Å². The molecule has 0 aliphatic heterocycles. The van der Waals surface area contributed by atoms with Gasteiger partial charge in [0.2, 0.25) is 10.0 Å². The first-order valence-electron chi connectivity index (χ1n) is 7.64. The number of methoxy groups -OCH3 is 1. The molecular formula is C16H25NO3S. The second-order valence-electron chi connectivity index (χ2n) is 5.88. The maximum Gasteiger partial charge on any atom is 0.240 e. The van der Waals surface area contributed by atoms with Crippen molar-refractivity contribution < 1.29 is 13.2 Å². The highest BCUT2D eigenvalue weighted by atomic mass is 32.2. The lowest BCUT2D eigenvalue weighted by Gasteiger charge is -2.22. The molecule has 0 radical (unpaired) electrons. The van der Waals surface area contributed by atoms with Crippen LogP contribution < -0.4 is 4.72 Å². The molecule has 2 rings (SSSR count). The van der Waals surface area contributed by atoms with E-state index in [9.17, 15) is 8.42 Å². The lowest BCUT2D eigenvalue weighted by atomic mass is 9.84. The van der Waals surface area contributed by atoms with Gasteiger partial charge in [-0.05, 0) is 43.4 Å². The summed E-state index contributed by atoms with van der Waals surface area (Å²) in [7, 11) is -1.90. The van der Waals surface area contributed by atoms with Gasteiger partial charge < -0.3 is 4.74 Å². The number of benzene rings is 1. The Morgan fingerprint density at radius 1 is 1.19 bits per heavy atom. The van der Waals surface area contributed by atoms with E-state index in [0.29, 0.717) is 17.4 Å². The first kappa shape index (κ1) is 16.5. The number of hydrogen-bond acceptors (Lipinski definition) is 3. The monoisotopic (exact) mass is 311 g/mol. The molecule has 21 heavy (non-hydrogen) atoms. The predicted octanol–water partition coefficient (Wildman–Crippen LogP) is 3.05. The van der Waals surface area contributed by atoms with Crippen LogP contribution in [-0.4, -0.2) is 28.2 Å². The largest absolute Gasteiger partial charge is 0.383 e. The lowest BCUT2D eigenvalue weighted by molar-refractivity contribution is 0.180. The third-order valence-corrected chi connectivity index (χ3v) is 5.65. The third-order valence-electron chi connectivity index (χ3n) is 4.04. The highest BCUT2D eigenvalue weighted by molar-refractivity contribution is 7.89. The topological polar surface area (TPSA) is 55.4 Å². The van der Waals surface area contributed by atoms with E-state index >= 15 is 0 Å². The summed E-state index contributed by atoms with van der Waals surface area (Å²) in [6.45, 7) is 2.15. The summed E-state index contributed by atoms with van der Waals surface area (Å²) in [5.41, 5.74) is 1.26. The van der Waals surface area contributed by atoms with Crippen LogP contribution in [0.2, 0.25) is 0 Å². The van der Waals surface area contributed by atoms with E-state index in [2.05, 4.69) is 4.72 Å². The summed E-state index contributed by atoms with van der Waals surface area (Å²) in [5.74, 6) is 0.593. The molecule has 5 heteroatoms. The Balaban J connectivity index is 2.06. The van der Waals surface area contributed by atoms with Crippen molar-refractivity contribution in [3.63, 3.8) is 0 Å². The molecule has 4 nitrogen and oxygen atoms in total. The van der Waals surface area contributed by atoms with Gasteiger partial charge in [0.15, 0.2) is 0 Å². The molecule has 1 saturated carbocycles. The van der Waals surface area contributed by atoms with Crippen molar-refractivity contribution in [3.8, 4) is 0 Å². The molecule has 0 heterocycles. The van der Waals surface area contributed by atoms with Crippen molar-refractivity contribution in [1.29, 1.82) is 0 Å². The SMILES string of the molecule is COC[C@@H](C)NS(=O)(=O)c1ccc(C2CCCCC2)cc1. The Kier molecular flexibility index (Phi) is 5.79. The third kappa shape index (κ3) is 4.53. The number of hydrogen-bond donors (Lipinski definition) is 1. The van der Waals surface area contributed by atoms with Gasteiger partial charge >= 0.3 is 0 Å². The maximum absolute atomic E-state index is 12.2. The molecule has 118 valence electrons. The standard InChI is InChI=1S/C16H25NO3S/c1-13(12-20-2)17-21(18,19)16-10-8-15(9-11-16)14-6-4-3-5-7-14/h8-11,13-14,17H,3-7,12H2,1-2H3/t13-/m1/s1. The Labute approximate surface area is 127 Å². The zero-order valence-electron chi connectivity index (χ0n) is 12.8. The quantitative estimate of drug-likeness (QED) is 0.878.